The van der Waals surface area contributed by atoms with Crippen LogP contribution in [-0.2, 0) is 11.2 Å². The second-order valence-corrected chi connectivity index (χ2v) is 5.97. The molecule has 0 saturated heterocycles. The fourth-order valence-electron chi connectivity index (χ4n) is 2.89. The van der Waals surface area contributed by atoms with Crippen molar-refractivity contribution in [3.05, 3.63) is 59.4 Å². The summed E-state index contributed by atoms with van der Waals surface area (Å²) in [4.78, 5) is 19.8. The fraction of sp³-hybridized carbons (Fsp3) is 0.158. The molecule has 0 saturated carbocycles. The highest BCUT2D eigenvalue weighted by atomic mass is 16.3. The Morgan fingerprint density at radius 3 is 2.88 bits per heavy atom. The predicted molar refractivity (Wildman–Crippen MR) is 94.1 cm³/mol. The van der Waals surface area contributed by atoms with E-state index in [0.29, 0.717) is 5.95 Å². The van der Waals surface area contributed by atoms with E-state index < -0.39 is 0 Å². The van der Waals surface area contributed by atoms with Crippen LogP contribution in [0.1, 0.15) is 16.7 Å². The first-order chi connectivity index (χ1) is 11.6. The summed E-state index contributed by atoms with van der Waals surface area (Å²) in [5.74, 6) is 0.330. The lowest BCUT2D eigenvalue weighted by atomic mass is 10.0. The molecule has 0 aliphatic carbocycles. The maximum Gasteiger partial charge on any atom is 0.231 e. The van der Waals surface area contributed by atoms with Crippen molar-refractivity contribution < 1.29 is 9.21 Å². The SMILES string of the molecule is Cc1ccc2c(CC(=O)Nc3nc4ccccc4[nH]3)coc2c1C. The minimum atomic E-state index is -0.130. The molecule has 4 aromatic rings. The average molecular weight is 319 g/mol. The zero-order valence-electron chi connectivity index (χ0n) is 13.5. The minimum Gasteiger partial charge on any atom is -0.464 e. The Morgan fingerprint density at radius 2 is 2.04 bits per heavy atom. The number of nitrogens with one attached hydrogen (secondary N) is 2. The fourth-order valence-corrected chi connectivity index (χ4v) is 2.89. The van der Waals surface area contributed by atoms with E-state index >= 15 is 0 Å². The summed E-state index contributed by atoms with van der Waals surface area (Å²) in [6.45, 7) is 4.07. The summed E-state index contributed by atoms with van der Waals surface area (Å²) in [6.07, 6.45) is 1.90. The number of nitrogens with zero attached hydrogens (tertiary/aromatic N) is 1. The predicted octanol–water partition coefficient (Wildman–Crippen LogP) is 4.11. The normalized spacial score (nSPS) is 11.2. The molecule has 0 bridgehead atoms. The van der Waals surface area contributed by atoms with Crippen LogP contribution in [0.4, 0.5) is 5.95 Å². The van der Waals surface area contributed by atoms with Crippen LogP contribution in [0.3, 0.4) is 0 Å². The maximum atomic E-state index is 12.3. The molecule has 0 spiro atoms. The number of furan rings is 1. The molecule has 24 heavy (non-hydrogen) atoms. The van der Waals surface area contributed by atoms with Gasteiger partial charge in [0.1, 0.15) is 5.58 Å². The molecule has 4 rings (SSSR count). The standard InChI is InChI=1S/C19H17N3O2/c1-11-7-8-14-13(10-24-18(14)12(11)2)9-17(23)22-19-20-15-5-3-4-6-16(15)21-19/h3-8,10H,9H2,1-2H3,(H2,20,21,22,23). The van der Waals surface area contributed by atoms with Gasteiger partial charge in [-0.1, -0.05) is 24.3 Å². The van der Waals surface area contributed by atoms with Crippen LogP contribution in [-0.4, -0.2) is 15.9 Å². The topological polar surface area (TPSA) is 70.9 Å². The second kappa shape index (κ2) is 5.53. The molecule has 1 amide bonds. The first-order valence-corrected chi connectivity index (χ1v) is 7.82. The van der Waals surface area contributed by atoms with E-state index in [4.69, 9.17) is 4.42 Å². The highest BCUT2D eigenvalue weighted by Gasteiger charge is 2.14. The van der Waals surface area contributed by atoms with Crippen LogP contribution in [0, 0.1) is 13.8 Å². The van der Waals surface area contributed by atoms with Gasteiger partial charge in [-0.15, -0.1) is 0 Å². The Morgan fingerprint density at radius 1 is 1.21 bits per heavy atom. The summed E-state index contributed by atoms with van der Waals surface area (Å²) in [7, 11) is 0. The molecular weight excluding hydrogens is 302 g/mol. The van der Waals surface area contributed by atoms with Gasteiger partial charge in [-0.05, 0) is 37.1 Å². The molecule has 2 aromatic carbocycles. The zero-order chi connectivity index (χ0) is 16.7. The number of benzene rings is 2. The Hall–Kier alpha value is -3.08. The minimum absolute atomic E-state index is 0.130. The highest BCUT2D eigenvalue weighted by Crippen LogP contribution is 2.27. The molecule has 0 unspecified atom stereocenters. The molecule has 5 nitrogen and oxygen atoms in total. The van der Waals surface area contributed by atoms with E-state index in [2.05, 4.69) is 15.3 Å². The van der Waals surface area contributed by atoms with Gasteiger partial charge in [-0.3, -0.25) is 10.1 Å². The van der Waals surface area contributed by atoms with Crippen molar-refractivity contribution in [2.45, 2.75) is 20.3 Å². The number of hydrogen-bond acceptors (Lipinski definition) is 3. The summed E-state index contributed by atoms with van der Waals surface area (Å²) in [5.41, 5.74) is 5.73. The van der Waals surface area contributed by atoms with Gasteiger partial charge >= 0.3 is 0 Å². The van der Waals surface area contributed by atoms with Crippen molar-refractivity contribution >= 4 is 33.9 Å². The smallest absolute Gasteiger partial charge is 0.231 e. The molecule has 2 aromatic heterocycles. The number of para-hydroxylation sites is 2. The largest absolute Gasteiger partial charge is 0.464 e. The van der Waals surface area contributed by atoms with Crippen LogP contribution in [0.25, 0.3) is 22.0 Å². The van der Waals surface area contributed by atoms with Crippen molar-refractivity contribution in [1.82, 2.24) is 9.97 Å². The van der Waals surface area contributed by atoms with Gasteiger partial charge in [-0.2, -0.15) is 0 Å². The molecular formula is C19H17N3O2. The first-order valence-electron chi connectivity index (χ1n) is 7.82. The average Bonchev–Trinajstić information content (AvgIpc) is 3.14. The number of aromatic nitrogens is 2. The maximum absolute atomic E-state index is 12.3. The number of fused-ring (bicyclic) bond motifs is 2. The Labute approximate surface area is 138 Å². The van der Waals surface area contributed by atoms with E-state index in [1.165, 1.54) is 5.56 Å². The highest BCUT2D eigenvalue weighted by molar-refractivity contribution is 5.95. The van der Waals surface area contributed by atoms with Gasteiger partial charge in [-0.25, -0.2) is 4.98 Å². The third-order valence-electron chi connectivity index (χ3n) is 4.34. The number of H-pyrrole nitrogens is 1. The van der Waals surface area contributed by atoms with Gasteiger partial charge < -0.3 is 9.40 Å². The molecule has 0 fully saturated rings. The van der Waals surface area contributed by atoms with Crippen molar-refractivity contribution in [2.75, 3.05) is 5.32 Å². The molecule has 0 aliphatic rings. The van der Waals surface area contributed by atoms with Gasteiger partial charge in [0, 0.05) is 10.9 Å². The number of aryl methyl sites for hydroxylation is 2. The summed E-state index contributed by atoms with van der Waals surface area (Å²) < 4.78 is 5.66. The van der Waals surface area contributed by atoms with Gasteiger partial charge in [0.05, 0.1) is 23.7 Å². The molecule has 0 radical (unpaired) electrons. The third kappa shape index (κ3) is 2.44. The molecule has 120 valence electrons. The lowest BCUT2D eigenvalue weighted by Gasteiger charge is -2.02. The molecule has 2 heterocycles. The molecule has 0 aliphatic heterocycles. The van der Waals surface area contributed by atoms with Crippen molar-refractivity contribution in [3.8, 4) is 0 Å². The van der Waals surface area contributed by atoms with Gasteiger partial charge in [0.2, 0.25) is 11.9 Å². The third-order valence-corrected chi connectivity index (χ3v) is 4.34. The summed E-state index contributed by atoms with van der Waals surface area (Å²) >= 11 is 0. The van der Waals surface area contributed by atoms with E-state index in [0.717, 1.165) is 33.1 Å². The summed E-state index contributed by atoms with van der Waals surface area (Å²) in [5, 5.41) is 3.80. The Bertz CT molecular complexity index is 1030. The number of anilines is 1. The van der Waals surface area contributed by atoms with Crippen molar-refractivity contribution in [2.24, 2.45) is 0 Å². The molecule has 2 N–H and O–H groups in total. The first kappa shape index (κ1) is 14.5. The Kier molecular flexibility index (Phi) is 3.34. The van der Waals surface area contributed by atoms with Crippen LogP contribution < -0.4 is 5.32 Å². The van der Waals surface area contributed by atoms with E-state index in [-0.39, 0.29) is 12.3 Å². The molecule has 5 heteroatoms. The van der Waals surface area contributed by atoms with E-state index in [1.807, 2.05) is 50.2 Å². The number of amides is 1. The molecule has 0 atom stereocenters. The second-order valence-electron chi connectivity index (χ2n) is 5.97. The van der Waals surface area contributed by atoms with Gasteiger partial charge in [0.15, 0.2) is 0 Å². The summed E-state index contributed by atoms with van der Waals surface area (Å²) in [6, 6.07) is 11.7. The quantitative estimate of drug-likeness (QED) is 0.597. The van der Waals surface area contributed by atoms with Crippen molar-refractivity contribution in [3.63, 3.8) is 0 Å². The lowest BCUT2D eigenvalue weighted by Crippen LogP contribution is -2.15. The number of imidazole rings is 1. The van der Waals surface area contributed by atoms with Crippen LogP contribution in [0.15, 0.2) is 47.1 Å². The number of carbonyl (C=O) groups excluding carboxylic acids is 1. The number of carbonyl (C=O) groups is 1. The van der Waals surface area contributed by atoms with Crippen LogP contribution in [0.5, 0.6) is 0 Å². The zero-order valence-corrected chi connectivity index (χ0v) is 13.5. The number of rotatable bonds is 3. The Balaban J connectivity index is 1.57. The van der Waals surface area contributed by atoms with Crippen LogP contribution in [0.2, 0.25) is 0 Å². The monoisotopic (exact) mass is 319 g/mol. The van der Waals surface area contributed by atoms with Crippen LogP contribution >= 0.6 is 0 Å². The van der Waals surface area contributed by atoms with Gasteiger partial charge in [0.25, 0.3) is 0 Å². The number of aromatic amines is 1. The van der Waals surface area contributed by atoms with E-state index in [1.54, 1.807) is 6.26 Å². The van der Waals surface area contributed by atoms with E-state index in [9.17, 15) is 4.79 Å². The van der Waals surface area contributed by atoms with Crippen molar-refractivity contribution in [1.29, 1.82) is 0 Å². The lowest BCUT2D eigenvalue weighted by molar-refractivity contribution is -0.115. The number of hydrogen-bond donors (Lipinski definition) is 2.